The van der Waals surface area contributed by atoms with Crippen molar-refractivity contribution in [3.63, 3.8) is 0 Å². The number of carbonyl (C=O) groups excluding carboxylic acids is 1. The molecule has 2 aromatic carbocycles. The van der Waals surface area contributed by atoms with Crippen LogP contribution in [-0.4, -0.2) is 10.9 Å². The van der Waals surface area contributed by atoms with Gasteiger partial charge in [0.2, 0.25) is 0 Å². The maximum Gasteiger partial charge on any atom is 0.256 e. The number of oxazole rings is 1. The molecular formula is C17H13FN2O2. The summed E-state index contributed by atoms with van der Waals surface area (Å²) in [6.45, 7) is 1.76. The summed E-state index contributed by atoms with van der Waals surface area (Å²) in [5.41, 5.74) is 2.42. The Balaban J connectivity index is 1.85. The first-order chi connectivity index (χ1) is 10.6. The molecule has 1 N–H and O–H groups in total. The van der Waals surface area contributed by atoms with Gasteiger partial charge in [0.1, 0.15) is 5.82 Å². The molecule has 3 aromatic rings. The van der Waals surface area contributed by atoms with Crippen LogP contribution >= 0.6 is 0 Å². The molecule has 1 amide bonds. The molecule has 0 aliphatic carbocycles. The minimum Gasteiger partial charge on any atom is -0.444 e. The highest BCUT2D eigenvalue weighted by Crippen LogP contribution is 2.22. The number of hydrogen-bond acceptors (Lipinski definition) is 3. The summed E-state index contributed by atoms with van der Waals surface area (Å²) in [5.74, 6) is -0.184. The van der Waals surface area contributed by atoms with Gasteiger partial charge in [-0.2, -0.15) is 0 Å². The molecule has 0 unspecified atom stereocenters. The Kier molecular flexibility index (Phi) is 3.70. The zero-order chi connectivity index (χ0) is 15.5. The highest BCUT2D eigenvalue weighted by Gasteiger charge is 2.11. The third-order valence-electron chi connectivity index (χ3n) is 3.28. The summed E-state index contributed by atoms with van der Waals surface area (Å²) in [4.78, 5) is 16.1. The van der Waals surface area contributed by atoms with Crippen LogP contribution in [0.2, 0.25) is 0 Å². The van der Waals surface area contributed by atoms with Gasteiger partial charge >= 0.3 is 0 Å². The summed E-state index contributed by atoms with van der Waals surface area (Å²) in [6, 6.07) is 11.3. The number of nitrogens with zero attached hydrogens (tertiary/aromatic N) is 1. The lowest BCUT2D eigenvalue weighted by Gasteiger charge is -2.08. The van der Waals surface area contributed by atoms with Crippen molar-refractivity contribution >= 4 is 11.6 Å². The number of benzene rings is 2. The highest BCUT2D eigenvalue weighted by atomic mass is 19.1. The van der Waals surface area contributed by atoms with E-state index in [4.69, 9.17) is 4.42 Å². The zero-order valence-corrected chi connectivity index (χ0v) is 11.8. The molecule has 0 atom stereocenters. The fourth-order valence-electron chi connectivity index (χ4n) is 2.15. The third-order valence-corrected chi connectivity index (χ3v) is 3.28. The van der Waals surface area contributed by atoms with Crippen molar-refractivity contribution < 1.29 is 13.6 Å². The molecule has 0 aliphatic heterocycles. The SMILES string of the molecule is Cc1ccc(F)cc1C(=O)Nc1cccc(-c2cnco2)c1. The minimum absolute atomic E-state index is 0.310. The van der Waals surface area contributed by atoms with E-state index in [2.05, 4.69) is 10.3 Å². The van der Waals surface area contributed by atoms with Crippen molar-refractivity contribution in [1.29, 1.82) is 0 Å². The second-order valence-electron chi connectivity index (χ2n) is 4.86. The van der Waals surface area contributed by atoms with Gasteiger partial charge in [-0.05, 0) is 36.8 Å². The van der Waals surface area contributed by atoms with Gasteiger partial charge in [0.25, 0.3) is 5.91 Å². The van der Waals surface area contributed by atoms with Crippen molar-refractivity contribution in [1.82, 2.24) is 4.98 Å². The second-order valence-corrected chi connectivity index (χ2v) is 4.86. The number of nitrogens with one attached hydrogen (secondary N) is 1. The molecule has 1 heterocycles. The molecule has 0 fully saturated rings. The zero-order valence-electron chi connectivity index (χ0n) is 11.8. The van der Waals surface area contributed by atoms with Crippen LogP contribution < -0.4 is 5.32 Å². The number of amides is 1. The molecule has 4 nitrogen and oxygen atoms in total. The van der Waals surface area contributed by atoms with Crippen LogP contribution in [0.1, 0.15) is 15.9 Å². The average Bonchev–Trinajstić information content (AvgIpc) is 3.04. The molecule has 0 saturated heterocycles. The molecule has 110 valence electrons. The summed E-state index contributed by atoms with van der Waals surface area (Å²) in [7, 11) is 0. The molecule has 5 heteroatoms. The van der Waals surface area contributed by atoms with Gasteiger partial charge < -0.3 is 9.73 Å². The molecular weight excluding hydrogens is 283 g/mol. The minimum atomic E-state index is -0.439. The van der Waals surface area contributed by atoms with E-state index in [0.29, 0.717) is 22.6 Å². The number of hydrogen-bond donors (Lipinski definition) is 1. The summed E-state index contributed by atoms with van der Waals surface area (Å²) < 4.78 is 18.5. The van der Waals surface area contributed by atoms with Gasteiger partial charge in [0, 0.05) is 16.8 Å². The van der Waals surface area contributed by atoms with E-state index in [-0.39, 0.29) is 5.91 Å². The van der Waals surface area contributed by atoms with Gasteiger partial charge in [-0.3, -0.25) is 4.79 Å². The molecule has 22 heavy (non-hydrogen) atoms. The lowest BCUT2D eigenvalue weighted by atomic mass is 10.1. The maximum absolute atomic E-state index is 13.3. The van der Waals surface area contributed by atoms with Crippen LogP contribution in [0.25, 0.3) is 11.3 Å². The summed E-state index contributed by atoms with van der Waals surface area (Å²) in [5, 5.41) is 2.76. The van der Waals surface area contributed by atoms with E-state index < -0.39 is 5.82 Å². The Morgan fingerprint density at radius 1 is 1.23 bits per heavy atom. The van der Waals surface area contributed by atoms with Gasteiger partial charge in [-0.1, -0.05) is 18.2 Å². The second kappa shape index (κ2) is 5.81. The fraction of sp³-hybridized carbons (Fsp3) is 0.0588. The lowest BCUT2D eigenvalue weighted by molar-refractivity contribution is 0.102. The van der Waals surface area contributed by atoms with Crippen LogP contribution in [-0.2, 0) is 0 Å². The van der Waals surface area contributed by atoms with E-state index in [1.54, 1.807) is 37.4 Å². The largest absolute Gasteiger partial charge is 0.444 e. The van der Waals surface area contributed by atoms with Crippen molar-refractivity contribution in [3.05, 3.63) is 72.0 Å². The molecule has 0 saturated carbocycles. The van der Waals surface area contributed by atoms with Crippen LogP contribution in [0, 0.1) is 12.7 Å². The smallest absolute Gasteiger partial charge is 0.256 e. The summed E-state index contributed by atoms with van der Waals surface area (Å²) in [6.07, 6.45) is 2.94. The topological polar surface area (TPSA) is 55.1 Å². The predicted octanol–water partition coefficient (Wildman–Crippen LogP) is 4.04. The molecule has 0 radical (unpaired) electrons. The quantitative estimate of drug-likeness (QED) is 0.793. The van der Waals surface area contributed by atoms with Crippen LogP contribution in [0.5, 0.6) is 0 Å². The average molecular weight is 296 g/mol. The van der Waals surface area contributed by atoms with Crippen molar-refractivity contribution in [2.45, 2.75) is 6.92 Å². The maximum atomic E-state index is 13.3. The number of halogens is 1. The van der Waals surface area contributed by atoms with Gasteiger partial charge in [0.15, 0.2) is 12.2 Å². The molecule has 0 aliphatic rings. The Morgan fingerprint density at radius 3 is 2.86 bits per heavy atom. The Hall–Kier alpha value is -2.95. The monoisotopic (exact) mass is 296 g/mol. The first-order valence-electron chi connectivity index (χ1n) is 6.70. The first-order valence-corrected chi connectivity index (χ1v) is 6.70. The Morgan fingerprint density at radius 2 is 2.09 bits per heavy atom. The van der Waals surface area contributed by atoms with E-state index >= 15 is 0 Å². The number of rotatable bonds is 3. The molecule has 0 spiro atoms. The number of aryl methyl sites for hydroxylation is 1. The number of aromatic nitrogens is 1. The van der Waals surface area contributed by atoms with Gasteiger partial charge in [0.05, 0.1) is 6.20 Å². The van der Waals surface area contributed by atoms with Gasteiger partial charge in [-0.25, -0.2) is 9.37 Å². The first kappa shape index (κ1) is 14.0. The fourth-order valence-corrected chi connectivity index (χ4v) is 2.15. The van der Waals surface area contributed by atoms with Crippen molar-refractivity contribution in [2.75, 3.05) is 5.32 Å². The van der Waals surface area contributed by atoms with E-state index in [9.17, 15) is 9.18 Å². The third kappa shape index (κ3) is 2.88. The summed E-state index contributed by atoms with van der Waals surface area (Å²) >= 11 is 0. The normalized spacial score (nSPS) is 10.5. The van der Waals surface area contributed by atoms with E-state index in [1.165, 1.54) is 18.5 Å². The standard InChI is InChI=1S/C17H13FN2O2/c1-11-5-6-13(18)8-15(11)17(21)20-14-4-2-3-12(7-14)16-9-19-10-22-16/h2-10H,1H3,(H,20,21). The van der Waals surface area contributed by atoms with Crippen LogP contribution in [0.15, 0.2) is 59.5 Å². The van der Waals surface area contributed by atoms with E-state index in [0.717, 1.165) is 5.56 Å². The molecule has 0 bridgehead atoms. The van der Waals surface area contributed by atoms with Crippen LogP contribution in [0.4, 0.5) is 10.1 Å². The predicted molar refractivity (Wildman–Crippen MR) is 81.0 cm³/mol. The lowest BCUT2D eigenvalue weighted by Crippen LogP contribution is -2.13. The van der Waals surface area contributed by atoms with Crippen molar-refractivity contribution in [3.8, 4) is 11.3 Å². The Labute approximate surface area is 126 Å². The van der Waals surface area contributed by atoms with Crippen molar-refractivity contribution in [2.24, 2.45) is 0 Å². The molecule has 1 aromatic heterocycles. The number of anilines is 1. The highest BCUT2D eigenvalue weighted by molar-refractivity contribution is 6.05. The molecule has 3 rings (SSSR count). The Bertz CT molecular complexity index is 813. The number of carbonyl (C=O) groups is 1. The van der Waals surface area contributed by atoms with E-state index in [1.807, 2.05) is 6.07 Å². The van der Waals surface area contributed by atoms with Crippen LogP contribution in [0.3, 0.4) is 0 Å². The van der Waals surface area contributed by atoms with Gasteiger partial charge in [-0.15, -0.1) is 0 Å².